The van der Waals surface area contributed by atoms with Gasteiger partial charge in [0.25, 0.3) is 11.8 Å². The zero-order valence-corrected chi connectivity index (χ0v) is 15.7. The van der Waals surface area contributed by atoms with E-state index in [0.717, 1.165) is 24.3 Å². The third-order valence-electron chi connectivity index (χ3n) is 4.87. The molecule has 0 fully saturated rings. The maximum absolute atomic E-state index is 12.6. The van der Waals surface area contributed by atoms with Crippen molar-refractivity contribution < 1.29 is 14.0 Å². The minimum Gasteiger partial charge on any atom is -0.465 e. The van der Waals surface area contributed by atoms with Crippen molar-refractivity contribution in [3.05, 3.63) is 77.3 Å². The molecule has 0 spiro atoms. The third kappa shape index (κ3) is 3.83. The molecule has 0 saturated carbocycles. The number of aryl methyl sites for hydroxylation is 2. The summed E-state index contributed by atoms with van der Waals surface area (Å²) in [7, 11) is 0. The van der Waals surface area contributed by atoms with E-state index in [-0.39, 0.29) is 11.8 Å². The molecule has 144 valence electrons. The molecule has 3 heterocycles. The van der Waals surface area contributed by atoms with Gasteiger partial charge in [-0.25, -0.2) is 4.98 Å². The predicted molar refractivity (Wildman–Crippen MR) is 103 cm³/mol. The van der Waals surface area contributed by atoms with Gasteiger partial charge in [0.05, 0.1) is 12.9 Å². The van der Waals surface area contributed by atoms with E-state index in [4.69, 9.17) is 4.42 Å². The minimum atomic E-state index is -0.178. The Kier molecular flexibility index (Phi) is 4.97. The van der Waals surface area contributed by atoms with E-state index < -0.39 is 0 Å². The Labute approximate surface area is 163 Å². The monoisotopic (exact) mass is 378 g/mol. The molecule has 1 N–H and O–H groups in total. The van der Waals surface area contributed by atoms with Crippen LogP contribution in [0.1, 0.15) is 44.2 Å². The topological polar surface area (TPSA) is 80.4 Å². The first kappa shape index (κ1) is 18.0. The average Bonchev–Trinajstić information content (AvgIpc) is 3.42. The van der Waals surface area contributed by atoms with E-state index in [2.05, 4.69) is 10.3 Å². The highest BCUT2D eigenvalue weighted by Gasteiger charge is 2.27. The number of rotatable bonds is 7. The number of imidazole rings is 1. The first-order chi connectivity index (χ1) is 13.6. The minimum absolute atomic E-state index is 0.0265. The summed E-state index contributed by atoms with van der Waals surface area (Å²) in [6.07, 6.45) is 6.29. The largest absolute Gasteiger partial charge is 0.465 e. The Morgan fingerprint density at radius 2 is 2.14 bits per heavy atom. The Balaban J connectivity index is 1.35. The van der Waals surface area contributed by atoms with Crippen LogP contribution in [-0.4, -0.2) is 32.8 Å². The lowest BCUT2D eigenvalue weighted by atomic mass is 10.1. The van der Waals surface area contributed by atoms with Crippen molar-refractivity contribution in [3.63, 3.8) is 0 Å². The van der Waals surface area contributed by atoms with Gasteiger partial charge in [0.15, 0.2) is 0 Å². The molecule has 1 aromatic carbocycles. The van der Waals surface area contributed by atoms with E-state index in [0.29, 0.717) is 36.5 Å². The van der Waals surface area contributed by atoms with Gasteiger partial charge in [-0.1, -0.05) is 0 Å². The van der Waals surface area contributed by atoms with Crippen molar-refractivity contribution in [1.82, 2.24) is 19.8 Å². The molecule has 0 aliphatic carbocycles. The van der Waals surface area contributed by atoms with Gasteiger partial charge in [0.2, 0.25) is 0 Å². The zero-order valence-electron chi connectivity index (χ0n) is 15.7. The van der Waals surface area contributed by atoms with Gasteiger partial charge < -0.3 is 19.2 Å². The van der Waals surface area contributed by atoms with Gasteiger partial charge in [0.1, 0.15) is 11.5 Å². The maximum atomic E-state index is 12.6. The summed E-state index contributed by atoms with van der Waals surface area (Å²) in [5.41, 5.74) is 2.13. The summed E-state index contributed by atoms with van der Waals surface area (Å²) >= 11 is 0. The Morgan fingerprint density at radius 3 is 2.89 bits per heavy atom. The normalized spacial score (nSPS) is 13.0. The number of nitrogens with zero attached hydrogens (tertiary/aromatic N) is 3. The molecule has 28 heavy (non-hydrogen) atoms. The fourth-order valence-electron chi connectivity index (χ4n) is 3.42. The molecule has 1 aliphatic heterocycles. The van der Waals surface area contributed by atoms with Crippen LogP contribution in [-0.2, 0) is 19.6 Å². The standard InChI is InChI=1S/C21H22N4O3/c1-15-3-5-18(28-15)12-23-20(26)16-4-6-19-17(11-16)13-25(21(19)27)9-2-8-24-10-7-22-14-24/h3-7,10-11,14H,2,8-9,12-13H2,1H3,(H,23,26). The molecule has 1 aliphatic rings. The van der Waals surface area contributed by atoms with Crippen molar-refractivity contribution in [2.45, 2.75) is 33.0 Å². The van der Waals surface area contributed by atoms with Gasteiger partial charge >= 0.3 is 0 Å². The molecule has 0 radical (unpaired) electrons. The highest BCUT2D eigenvalue weighted by atomic mass is 16.3. The molecular weight excluding hydrogens is 356 g/mol. The van der Waals surface area contributed by atoms with E-state index in [9.17, 15) is 9.59 Å². The first-order valence-corrected chi connectivity index (χ1v) is 9.31. The fourth-order valence-corrected chi connectivity index (χ4v) is 3.42. The van der Waals surface area contributed by atoms with Crippen molar-refractivity contribution in [3.8, 4) is 0 Å². The first-order valence-electron chi connectivity index (χ1n) is 9.31. The number of carbonyl (C=O) groups is 2. The van der Waals surface area contributed by atoms with E-state index in [1.54, 1.807) is 24.7 Å². The van der Waals surface area contributed by atoms with E-state index >= 15 is 0 Å². The van der Waals surface area contributed by atoms with Crippen molar-refractivity contribution in [2.24, 2.45) is 0 Å². The lowest BCUT2D eigenvalue weighted by Crippen LogP contribution is -2.25. The lowest BCUT2D eigenvalue weighted by molar-refractivity contribution is 0.0774. The number of benzene rings is 1. The number of fused-ring (bicyclic) bond motifs is 1. The zero-order chi connectivity index (χ0) is 19.5. The Hall–Kier alpha value is -3.35. The van der Waals surface area contributed by atoms with Gasteiger partial charge in [-0.15, -0.1) is 0 Å². The van der Waals surface area contributed by atoms with Crippen molar-refractivity contribution in [1.29, 1.82) is 0 Å². The van der Waals surface area contributed by atoms with Gasteiger partial charge in [0, 0.05) is 43.2 Å². The maximum Gasteiger partial charge on any atom is 0.254 e. The van der Waals surface area contributed by atoms with Crippen LogP contribution in [0.5, 0.6) is 0 Å². The number of nitrogens with one attached hydrogen (secondary N) is 1. The van der Waals surface area contributed by atoms with Crippen molar-refractivity contribution >= 4 is 11.8 Å². The van der Waals surface area contributed by atoms with Crippen LogP contribution in [0.25, 0.3) is 0 Å². The van der Waals surface area contributed by atoms with Crippen LogP contribution in [0.4, 0.5) is 0 Å². The molecule has 4 rings (SSSR count). The summed E-state index contributed by atoms with van der Waals surface area (Å²) in [4.78, 5) is 30.9. The van der Waals surface area contributed by atoms with Crippen LogP contribution >= 0.6 is 0 Å². The van der Waals surface area contributed by atoms with Crippen molar-refractivity contribution in [2.75, 3.05) is 6.54 Å². The van der Waals surface area contributed by atoms with Crippen LogP contribution in [0.2, 0.25) is 0 Å². The van der Waals surface area contributed by atoms with Crippen LogP contribution in [0.15, 0.2) is 53.5 Å². The second-order valence-electron chi connectivity index (χ2n) is 6.95. The quantitative estimate of drug-likeness (QED) is 0.686. The highest BCUT2D eigenvalue weighted by molar-refractivity contribution is 6.01. The van der Waals surface area contributed by atoms with Crippen LogP contribution in [0, 0.1) is 6.92 Å². The second kappa shape index (κ2) is 7.72. The van der Waals surface area contributed by atoms with Crippen LogP contribution in [0.3, 0.4) is 0 Å². The Morgan fingerprint density at radius 1 is 1.25 bits per heavy atom. The number of amides is 2. The fraction of sp³-hybridized carbons (Fsp3) is 0.286. The summed E-state index contributed by atoms with van der Waals surface area (Å²) < 4.78 is 7.46. The molecule has 7 heteroatoms. The molecule has 0 bridgehead atoms. The van der Waals surface area contributed by atoms with Gasteiger partial charge in [-0.05, 0) is 49.2 Å². The molecule has 0 unspecified atom stereocenters. The van der Waals surface area contributed by atoms with E-state index in [1.165, 1.54) is 0 Å². The number of hydrogen-bond donors (Lipinski definition) is 1. The van der Waals surface area contributed by atoms with Gasteiger partial charge in [-0.2, -0.15) is 0 Å². The summed E-state index contributed by atoms with van der Waals surface area (Å²) in [5.74, 6) is 1.38. The number of aromatic nitrogens is 2. The van der Waals surface area contributed by atoms with E-state index in [1.807, 2.05) is 40.8 Å². The predicted octanol–water partition coefficient (Wildman–Crippen LogP) is 2.76. The summed E-state index contributed by atoms with van der Waals surface area (Å²) in [6, 6.07) is 8.97. The molecule has 7 nitrogen and oxygen atoms in total. The number of furan rings is 1. The Bertz CT molecular complexity index is 991. The molecule has 2 aromatic heterocycles. The lowest BCUT2D eigenvalue weighted by Gasteiger charge is -2.15. The van der Waals surface area contributed by atoms with Crippen LogP contribution < -0.4 is 5.32 Å². The number of hydrogen-bond acceptors (Lipinski definition) is 4. The smallest absolute Gasteiger partial charge is 0.254 e. The summed E-state index contributed by atoms with van der Waals surface area (Å²) in [6.45, 7) is 4.23. The molecule has 3 aromatic rings. The molecular formula is C21H22N4O3. The second-order valence-corrected chi connectivity index (χ2v) is 6.95. The average molecular weight is 378 g/mol. The third-order valence-corrected chi connectivity index (χ3v) is 4.87. The molecule has 0 atom stereocenters. The van der Waals surface area contributed by atoms with Gasteiger partial charge in [-0.3, -0.25) is 9.59 Å². The highest BCUT2D eigenvalue weighted by Crippen LogP contribution is 2.24. The summed E-state index contributed by atoms with van der Waals surface area (Å²) in [5, 5.41) is 2.85. The number of carbonyl (C=O) groups excluding carboxylic acids is 2. The SMILES string of the molecule is Cc1ccc(CNC(=O)c2ccc3c(c2)CN(CCCn2ccnc2)C3=O)o1. The molecule has 2 amide bonds. The molecule has 0 saturated heterocycles.